The fourth-order valence-corrected chi connectivity index (χ4v) is 1.89. The number of Topliss-reactive ketones (excluding diaryl/α,β-unsaturated/α-hetero) is 1. The van der Waals surface area contributed by atoms with Gasteiger partial charge in [0.25, 0.3) is 0 Å². The Morgan fingerprint density at radius 1 is 1.11 bits per heavy atom. The summed E-state index contributed by atoms with van der Waals surface area (Å²) in [6.07, 6.45) is 1.54. The van der Waals surface area contributed by atoms with Crippen LogP contribution in [-0.4, -0.2) is 10.9 Å². The molecule has 2 aromatic rings. The SMILES string of the molecule is O=C1/C(=C/c2ccc(F)cc2)Oc2cc(O)ccc21. The van der Waals surface area contributed by atoms with Crippen molar-refractivity contribution in [3.05, 3.63) is 65.2 Å². The van der Waals surface area contributed by atoms with E-state index in [1.54, 1.807) is 18.2 Å². The Labute approximate surface area is 108 Å². The average molecular weight is 256 g/mol. The van der Waals surface area contributed by atoms with Gasteiger partial charge in [0.1, 0.15) is 17.3 Å². The quantitative estimate of drug-likeness (QED) is 0.797. The summed E-state index contributed by atoms with van der Waals surface area (Å²) < 4.78 is 18.2. The molecule has 0 spiro atoms. The van der Waals surface area contributed by atoms with Crippen molar-refractivity contribution in [2.75, 3.05) is 0 Å². The summed E-state index contributed by atoms with van der Waals surface area (Å²) in [5.74, 6) is -0.0616. The molecular formula is C15H9FO3. The lowest BCUT2D eigenvalue weighted by atomic mass is 10.1. The minimum absolute atomic E-state index is 0.0367. The van der Waals surface area contributed by atoms with Crippen LogP contribution in [0.4, 0.5) is 4.39 Å². The van der Waals surface area contributed by atoms with E-state index >= 15 is 0 Å². The van der Waals surface area contributed by atoms with Crippen LogP contribution >= 0.6 is 0 Å². The third kappa shape index (κ3) is 2.08. The maximum atomic E-state index is 12.8. The second-order valence-electron chi connectivity index (χ2n) is 4.17. The number of rotatable bonds is 1. The molecule has 3 rings (SSSR count). The van der Waals surface area contributed by atoms with Gasteiger partial charge >= 0.3 is 0 Å². The molecule has 0 saturated heterocycles. The summed E-state index contributed by atoms with van der Waals surface area (Å²) in [6, 6.07) is 10.1. The van der Waals surface area contributed by atoms with Crippen LogP contribution in [0.2, 0.25) is 0 Å². The molecule has 0 bridgehead atoms. The monoisotopic (exact) mass is 256 g/mol. The predicted octanol–water partition coefficient (Wildman–Crippen LogP) is 3.15. The van der Waals surface area contributed by atoms with Gasteiger partial charge in [0.2, 0.25) is 5.78 Å². The molecule has 1 heterocycles. The molecule has 0 unspecified atom stereocenters. The Morgan fingerprint density at radius 3 is 2.58 bits per heavy atom. The van der Waals surface area contributed by atoms with Gasteiger partial charge in [0.15, 0.2) is 5.76 Å². The summed E-state index contributed by atoms with van der Waals surface area (Å²) in [4.78, 5) is 12.0. The van der Waals surface area contributed by atoms with Gasteiger partial charge in [-0.2, -0.15) is 0 Å². The van der Waals surface area contributed by atoms with E-state index in [0.717, 1.165) is 0 Å². The number of fused-ring (bicyclic) bond motifs is 1. The number of carbonyl (C=O) groups is 1. The summed E-state index contributed by atoms with van der Waals surface area (Å²) in [7, 11) is 0. The average Bonchev–Trinajstić information content (AvgIpc) is 2.68. The first-order valence-electron chi connectivity index (χ1n) is 5.66. The number of benzene rings is 2. The van der Waals surface area contributed by atoms with E-state index in [1.807, 2.05) is 0 Å². The van der Waals surface area contributed by atoms with Crippen LogP contribution in [0.25, 0.3) is 6.08 Å². The highest BCUT2D eigenvalue weighted by Crippen LogP contribution is 2.34. The number of hydrogen-bond donors (Lipinski definition) is 1. The molecular weight excluding hydrogens is 247 g/mol. The van der Waals surface area contributed by atoms with Gasteiger partial charge in [-0.05, 0) is 35.9 Å². The van der Waals surface area contributed by atoms with E-state index in [1.165, 1.54) is 30.3 Å². The normalized spacial score (nSPS) is 15.4. The molecule has 94 valence electrons. The molecule has 4 heteroatoms. The van der Waals surface area contributed by atoms with Crippen LogP contribution < -0.4 is 4.74 Å². The Kier molecular flexibility index (Phi) is 2.56. The third-order valence-corrected chi connectivity index (χ3v) is 2.82. The first kappa shape index (κ1) is 11.5. The Hall–Kier alpha value is -2.62. The van der Waals surface area contributed by atoms with Gasteiger partial charge in [-0.15, -0.1) is 0 Å². The van der Waals surface area contributed by atoms with Gasteiger partial charge in [0, 0.05) is 6.07 Å². The van der Waals surface area contributed by atoms with Gasteiger partial charge in [-0.1, -0.05) is 12.1 Å². The second kappa shape index (κ2) is 4.24. The minimum Gasteiger partial charge on any atom is -0.508 e. The molecule has 0 saturated carbocycles. The summed E-state index contributed by atoms with van der Waals surface area (Å²) in [5, 5.41) is 9.34. The van der Waals surface area contributed by atoms with E-state index in [-0.39, 0.29) is 23.1 Å². The molecule has 1 aliphatic rings. The van der Waals surface area contributed by atoms with E-state index in [0.29, 0.717) is 16.9 Å². The number of hydrogen-bond acceptors (Lipinski definition) is 3. The van der Waals surface area contributed by atoms with E-state index in [2.05, 4.69) is 0 Å². The first-order valence-corrected chi connectivity index (χ1v) is 5.66. The van der Waals surface area contributed by atoms with Crippen molar-refractivity contribution in [3.8, 4) is 11.5 Å². The number of phenolic OH excluding ortho intramolecular Hbond substituents is 1. The van der Waals surface area contributed by atoms with Gasteiger partial charge in [0.05, 0.1) is 5.56 Å². The van der Waals surface area contributed by atoms with Gasteiger partial charge in [-0.25, -0.2) is 4.39 Å². The van der Waals surface area contributed by atoms with Crippen LogP contribution in [0.1, 0.15) is 15.9 Å². The summed E-state index contributed by atoms with van der Waals surface area (Å²) in [6.45, 7) is 0. The molecule has 1 aliphatic heterocycles. The Balaban J connectivity index is 1.97. The van der Waals surface area contributed by atoms with Crippen molar-refractivity contribution in [1.82, 2.24) is 0 Å². The molecule has 0 radical (unpaired) electrons. The van der Waals surface area contributed by atoms with Crippen molar-refractivity contribution >= 4 is 11.9 Å². The molecule has 0 fully saturated rings. The minimum atomic E-state index is -0.339. The number of halogens is 1. The zero-order chi connectivity index (χ0) is 13.4. The predicted molar refractivity (Wildman–Crippen MR) is 67.4 cm³/mol. The van der Waals surface area contributed by atoms with E-state index < -0.39 is 0 Å². The van der Waals surface area contributed by atoms with Gasteiger partial charge < -0.3 is 9.84 Å². The van der Waals surface area contributed by atoms with Crippen molar-refractivity contribution in [1.29, 1.82) is 0 Å². The lowest BCUT2D eigenvalue weighted by Gasteiger charge is -1.98. The van der Waals surface area contributed by atoms with Crippen molar-refractivity contribution in [2.24, 2.45) is 0 Å². The van der Waals surface area contributed by atoms with Crippen molar-refractivity contribution in [2.45, 2.75) is 0 Å². The molecule has 0 aliphatic carbocycles. The topological polar surface area (TPSA) is 46.5 Å². The molecule has 2 aromatic carbocycles. The fraction of sp³-hybridized carbons (Fsp3) is 0. The Morgan fingerprint density at radius 2 is 1.84 bits per heavy atom. The molecule has 0 amide bonds. The smallest absolute Gasteiger partial charge is 0.231 e. The number of allylic oxidation sites excluding steroid dienone is 1. The molecule has 0 atom stereocenters. The standard InChI is InChI=1S/C15H9FO3/c16-10-3-1-9(2-4-10)7-14-15(18)12-6-5-11(17)8-13(12)19-14/h1-8,17H/b14-7-. The third-order valence-electron chi connectivity index (χ3n) is 2.82. The summed E-state index contributed by atoms with van der Waals surface area (Å²) >= 11 is 0. The highest BCUT2D eigenvalue weighted by atomic mass is 19.1. The lowest BCUT2D eigenvalue weighted by molar-refractivity contribution is 0.101. The number of carbonyl (C=O) groups excluding carboxylic acids is 1. The number of ether oxygens (including phenoxy) is 1. The second-order valence-corrected chi connectivity index (χ2v) is 4.17. The number of phenols is 1. The lowest BCUT2D eigenvalue weighted by Crippen LogP contribution is -1.97. The fourth-order valence-electron chi connectivity index (χ4n) is 1.89. The molecule has 1 N–H and O–H groups in total. The highest BCUT2D eigenvalue weighted by Gasteiger charge is 2.27. The number of ketones is 1. The van der Waals surface area contributed by atoms with Crippen molar-refractivity contribution < 1.29 is 19.0 Å². The van der Waals surface area contributed by atoms with Crippen LogP contribution in [0.3, 0.4) is 0 Å². The summed E-state index contributed by atoms with van der Waals surface area (Å²) in [5.41, 5.74) is 1.08. The molecule has 19 heavy (non-hydrogen) atoms. The maximum absolute atomic E-state index is 12.8. The highest BCUT2D eigenvalue weighted by molar-refractivity contribution is 6.14. The Bertz CT molecular complexity index is 687. The molecule has 0 aromatic heterocycles. The molecule has 3 nitrogen and oxygen atoms in total. The number of aromatic hydroxyl groups is 1. The van der Waals surface area contributed by atoms with Crippen molar-refractivity contribution in [3.63, 3.8) is 0 Å². The zero-order valence-electron chi connectivity index (χ0n) is 9.76. The van der Waals surface area contributed by atoms with Gasteiger partial charge in [-0.3, -0.25) is 4.79 Å². The van der Waals surface area contributed by atoms with E-state index in [4.69, 9.17) is 4.74 Å². The maximum Gasteiger partial charge on any atom is 0.231 e. The van der Waals surface area contributed by atoms with Crippen LogP contribution in [0, 0.1) is 5.82 Å². The van der Waals surface area contributed by atoms with E-state index in [9.17, 15) is 14.3 Å². The zero-order valence-corrected chi connectivity index (χ0v) is 9.76. The largest absolute Gasteiger partial charge is 0.508 e. The van der Waals surface area contributed by atoms with Crippen LogP contribution in [0.5, 0.6) is 11.5 Å². The van der Waals surface area contributed by atoms with Crippen LogP contribution in [-0.2, 0) is 0 Å². The first-order chi connectivity index (χ1) is 9.13. The van der Waals surface area contributed by atoms with Crippen LogP contribution in [0.15, 0.2) is 48.2 Å².